The van der Waals surface area contributed by atoms with Gasteiger partial charge >= 0.3 is 0 Å². The first-order valence-electron chi connectivity index (χ1n) is 6.34. The van der Waals surface area contributed by atoms with Crippen LogP contribution in [0.3, 0.4) is 0 Å². The molecule has 1 aliphatic rings. The topological polar surface area (TPSA) is 28.6 Å². The van der Waals surface area contributed by atoms with Crippen LogP contribution in [0.2, 0.25) is 0 Å². The van der Waals surface area contributed by atoms with E-state index in [0.717, 1.165) is 49.3 Å². The minimum Gasteiger partial charge on any atom is -0.378 e. The summed E-state index contributed by atoms with van der Waals surface area (Å²) >= 11 is 6.12. The summed E-state index contributed by atoms with van der Waals surface area (Å²) in [7, 11) is 1.71. The highest BCUT2D eigenvalue weighted by atomic mass is 32.1. The lowest BCUT2D eigenvalue weighted by molar-refractivity contribution is 0.181. The third kappa shape index (κ3) is 3.17. The molecule has 0 N–H and O–H groups in total. The Balaban J connectivity index is 2.05. The van der Waals surface area contributed by atoms with Crippen molar-refractivity contribution in [1.82, 2.24) is 9.88 Å². The molecule has 4 nitrogen and oxygen atoms in total. The predicted molar refractivity (Wildman–Crippen MR) is 79.8 cm³/mol. The van der Waals surface area contributed by atoms with Crippen LogP contribution in [-0.4, -0.2) is 49.7 Å². The first-order valence-corrected chi connectivity index (χ1v) is 7.79. The molecular formula is C12H21N3OS2. The van der Waals surface area contributed by atoms with Crippen LogP contribution in [-0.2, 0) is 17.1 Å². The predicted octanol–water partition coefficient (Wildman–Crippen LogP) is 1.86. The summed E-state index contributed by atoms with van der Waals surface area (Å²) in [6.45, 7) is 8.34. The second-order valence-electron chi connectivity index (χ2n) is 4.38. The summed E-state index contributed by atoms with van der Waals surface area (Å²) in [6, 6.07) is 0. The lowest BCUT2D eigenvalue weighted by atomic mass is 10.3. The Morgan fingerprint density at radius 1 is 1.33 bits per heavy atom. The van der Waals surface area contributed by atoms with Crippen LogP contribution < -0.4 is 4.90 Å². The van der Waals surface area contributed by atoms with Crippen LogP contribution in [0.25, 0.3) is 0 Å². The van der Waals surface area contributed by atoms with Crippen LogP contribution in [0.5, 0.6) is 0 Å². The van der Waals surface area contributed by atoms with Crippen molar-refractivity contribution in [1.29, 1.82) is 0 Å². The van der Waals surface area contributed by atoms with Gasteiger partial charge in [-0.15, -0.1) is 11.3 Å². The molecular weight excluding hydrogens is 266 g/mol. The number of methoxy groups -OCH3 is 1. The van der Waals surface area contributed by atoms with Gasteiger partial charge in [0.25, 0.3) is 0 Å². The number of thiol groups is 1. The summed E-state index contributed by atoms with van der Waals surface area (Å²) in [5, 5.41) is 1.13. The van der Waals surface area contributed by atoms with Gasteiger partial charge in [0.15, 0.2) is 5.13 Å². The minimum absolute atomic E-state index is 0.585. The average Bonchev–Trinajstić information content (AvgIpc) is 2.82. The molecule has 0 aliphatic carbocycles. The number of piperazine rings is 1. The second-order valence-corrected chi connectivity index (χ2v) is 5.76. The molecule has 1 fully saturated rings. The molecule has 1 aliphatic heterocycles. The maximum Gasteiger partial charge on any atom is 0.185 e. The number of nitrogens with zero attached hydrogens (tertiary/aromatic N) is 3. The van der Waals surface area contributed by atoms with Gasteiger partial charge in [0, 0.05) is 43.9 Å². The number of likely N-dealkylation sites (N-methyl/N-ethyl adjacent to an activating group) is 1. The second kappa shape index (κ2) is 6.75. The molecule has 1 aromatic heterocycles. The highest BCUT2D eigenvalue weighted by Gasteiger charge is 2.20. The van der Waals surface area contributed by atoms with Crippen molar-refractivity contribution in [3.63, 3.8) is 0 Å². The summed E-state index contributed by atoms with van der Waals surface area (Å²) in [5.74, 6) is 0.741. The van der Waals surface area contributed by atoms with Crippen LogP contribution in [0.1, 0.15) is 17.5 Å². The highest BCUT2D eigenvalue weighted by molar-refractivity contribution is 7.79. The molecule has 0 spiro atoms. The molecule has 0 bridgehead atoms. The average molecular weight is 287 g/mol. The largest absolute Gasteiger partial charge is 0.378 e. The molecule has 18 heavy (non-hydrogen) atoms. The van der Waals surface area contributed by atoms with Crippen molar-refractivity contribution in [2.24, 2.45) is 0 Å². The van der Waals surface area contributed by atoms with Crippen molar-refractivity contribution in [2.75, 3.05) is 44.7 Å². The fraction of sp³-hybridized carbons (Fsp3) is 0.750. The van der Waals surface area contributed by atoms with Gasteiger partial charge < -0.3 is 14.5 Å². The van der Waals surface area contributed by atoms with Gasteiger partial charge in [-0.2, -0.15) is 12.6 Å². The molecule has 0 atom stereocenters. The van der Waals surface area contributed by atoms with E-state index in [1.165, 1.54) is 4.88 Å². The van der Waals surface area contributed by atoms with Crippen LogP contribution in [0, 0.1) is 0 Å². The molecule has 0 amide bonds. The van der Waals surface area contributed by atoms with E-state index in [2.05, 4.69) is 29.4 Å². The number of ether oxygens (including phenoxy) is 1. The van der Waals surface area contributed by atoms with E-state index < -0.39 is 0 Å². The lowest BCUT2D eigenvalue weighted by Gasteiger charge is -2.33. The number of anilines is 1. The van der Waals surface area contributed by atoms with Gasteiger partial charge in [-0.25, -0.2) is 4.98 Å². The van der Waals surface area contributed by atoms with Crippen molar-refractivity contribution >= 4 is 29.1 Å². The zero-order valence-corrected chi connectivity index (χ0v) is 12.8. The first-order chi connectivity index (χ1) is 8.78. The fourth-order valence-electron chi connectivity index (χ4n) is 2.13. The highest BCUT2D eigenvalue weighted by Crippen LogP contribution is 2.28. The van der Waals surface area contributed by atoms with Crippen LogP contribution in [0.4, 0.5) is 5.13 Å². The molecule has 0 unspecified atom stereocenters. The van der Waals surface area contributed by atoms with E-state index >= 15 is 0 Å². The Labute approximate surface area is 118 Å². The van der Waals surface area contributed by atoms with E-state index in [-0.39, 0.29) is 0 Å². The van der Waals surface area contributed by atoms with E-state index in [1.54, 1.807) is 18.4 Å². The fourth-order valence-corrected chi connectivity index (χ4v) is 3.48. The third-order valence-electron chi connectivity index (χ3n) is 3.28. The first kappa shape index (κ1) is 14.1. The molecule has 6 heteroatoms. The van der Waals surface area contributed by atoms with Crippen molar-refractivity contribution in [2.45, 2.75) is 19.3 Å². The summed E-state index contributed by atoms with van der Waals surface area (Å²) in [6.07, 6.45) is 0. The van der Waals surface area contributed by atoms with Crippen molar-refractivity contribution in [3.8, 4) is 0 Å². The zero-order chi connectivity index (χ0) is 13.0. The molecule has 1 aromatic rings. The van der Waals surface area contributed by atoms with Gasteiger partial charge in [0.05, 0.1) is 12.3 Å². The van der Waals surface area contributed by atoms with Crippen molar-refractivity contribution in [3.05, 3.63) is 10.6 Å². The van der Waals surface area contributed by atoms with E-state index in [4.69, 9.17) is 9.72 Å². The Kier molecular flexibility index (Phi) is 5.29. The summed E-state index contributed by atoms with van der Waals surface area (Å²) in [5.41, 5.74) is 1.05. The molecule has 2 heterocycles. The van der Waals surface area contributed by atoms with Crippen LogP contribution in [0.15, 0.2) is 0 Å². The van der Waals surface area contributed by atoms with Crippen LogP contribution >= 0.6 is 24.0 Å². The number of aromatic nitrogens is 1. The quantitative estimate of drug-likeness (QED) is 0.837. The number of rotatable bonds is 5. The monoisotopic (exact) mass is 287 g/mol. The Morgan fingerprint density at radius 2 is 2.06 bits per heavy atom. The maximum absolute atomic E-state index is 5.19. The third-order valence-corrected chi connectivity index (χ3v) is 4.97. The number of hydrogen-bond donors (Lipinski definition) is 1. The Hall–Kier alpha value is -0.300. The lowest BCUT2D eigenvalue weighted by Crippen LogP contribution is -2.46. The molecule has 2 rings (SSSR count). The zero-order valence-electron chi connectivity index (χ0n) is 11.1. The standard InChI is InChI=1S/C12H21N3OS2/c1-3-14-4-6-15(7-5-14)12-13-10(8-16-2)11(9-17)18-12/h17H,3-9H2,1-2H3. The van der Waals surface area contributed by atoms with E-state index in [0.29, 0.717) is 6.61 Å². The Morgan fingerprint density at radius 3 is 2.61 bits per heavy atom. The molecule has 0 aromatic carbocycles. The SMILES string of the molecule is CCN1CCN(c2nc(COC)c(CS)s2)CC1. The normalized spacial score (nSPS) is 17.4. The van der Waals surface area contributed by atoms with Gasteiger partial charge in [-0.3, -0.25) is 0 Å². The van der Waals surface area contributed by atoms with Gasteiger partial charge in [-0.05, 0) is 6.54 Å². The summed E-state index contributed by atoms with van der Waals surface area (Å²) in [4.78, 5) is 10.8. The molecule has 1 saturated heterocycles. The van der Waals surface area contributed by atoms with Gasteiger partial charge in [-0.1, -0.05) is 6.92 Å². The van der Waals surface area contributed by atoms with Crippen molar-refractivity contribution < 1.29 is 4.74 Å². The smallest absolute Gasteiger partial charge is 0.185 e. The number of hydrogen-bond acceptors (Lipinski definition) is 6. The van der Waals surface area contributed by atoms with E-state index in [1.807, 2.05) is 0 Å². The van der Waals surface area contributed by atoms with Gasteiger partial charge in [0.1, 0.15) is 0 Å². The number of thiazole rings is 1. The van der Waals surface area contributed by atoms with Gasteiger partial charge in [0.2, 0.25) is 0 Å². The molecule has 0 radical (unpaired) electrons. The van der Waals surface area contributed by atoms with E-state index in [9.17, 15) is 0 Å². The minimum atomic E-state index is 0.585. The molecule has 102 valence electrons. The summed E-state index contributed by atoms with van der Waals surface area (Å²) < 4.78 is 5.19. The maximum atomic E-state index is 5.19. The Bertz CT molecular complexity index is 375. The molecule has 0 saturated carbocycles.